The summed E-state index contributed by atoms with van der Waals surface area (Å²) in [7, 11) is 0. The third-order valence-corrected chi connectivity index (χ3v) is 6.74. The van der Waals surface area contributed by atoms with Gasteiger partial charge in [0, 0.05) is 24.2 Å². The topological polar surface area (TPSA) is 97.7 Å². The molecule has 1 N–H and O–H groups in total. The predicted molar refractivity (Wildman–Crippen MR) is 129 cm³/mol. The predicted octanol–water partition coefficient (Wildman–Crippen LogP) is 6.44. The summed E-state index contributed by atoms with van der Waals surface area (Å²) in [5.74, 6) is -2.13. The highest BCUT2D eigenvalue weighted by Crippen LogP contribution is 2.36. The van der Waals surface area contributed by atoms with E-state index in [-0.39, 0.29) is 39.7 Å². The van der Waals surface area contributed by atoms with Crippen LogP contribution in [0.1, 0.15) is 50.0 Å². The number of nitrogens with one attached hydrogen (secondary N) is 1. The molecule has 3 heterocycles. The molecule has 0 radical (unpaired) electrons. The first-order valence-corrected chi connectivity index (χ1v) is 11.8. The van der Waals surface area contributed by atoms with Crippen LogP contribution < -0.4 is 5.32 Å². The van der Waals surface area contributed by atoms with Gasteiger partial charge in [0.25, 0.3) is 5.91 Å². The Morgan fingerprint density at radius 2 is 1.89 bits per heavy atom. The highest BCUT2D eigenvalue weighted by molar-refractivity contribution is 7.13. The van der Waals surface area contributed by atoms with Gasteiger partial charge in [-0.2, -0.15) is 17.6 Å². The van der Waals surface area contributed by atoms with Gasteiger partial charge in [-0.05, 0) is 36.4 Å². The number of alkyl halides is 3. The highest BCUT2D eigenvalue weighted by Gasteiger charge is 2.33. The molecule has 0 saturated heterocycles. The first-order valence-electron chi connectivity index (χ1n) is 10.6. The molecule has 3 aromatic heterocycles. The Morgan fingerprint density at radius 1 is 1.11 bits per heavy atom. The standard InChI is InChI=1S/C24H16ClF4N5O2S/c1-12(7-19(35)18-9-17(32-11-33-18)14-3-2-6-30-21(14)26)23-31-10-20(37-23)22(36)34-13-4-5-16(25)15(8-13)24(27,28)29/h2-6,8-12H,7H2,1H3,(H,34,36)/t12-/m1/s1. The number of amides is 1. The van der Waals surface area contributed by atoms with Crippen molar-refractivity contribution in [3.05, 3.63) is 87.2 Å². The van der Waals surface area contributed by atoms with Crippen molar-refractivity contribution in [3.63, 3.8) is 0 Å². The highest BCUT2D eigenvalue weighted by atomic mass is 35.5. The maximum Gasteiger partial charge on any atom is 0.417 e. The van der Waals surface area contributed by atoms with E-state index in [0.29, 0.717) is 5.01 Å². The summed E-state index contributed by atoms with van der Waals surface area (Å²) in [5, 5.41) is 2.39. The Kier molecular flexibility index (Phi) is 7.60. The molecule has 0 aliphatic rings. The molecule has 0 unspecified atom stereocenters. The molecule has 4 rings (SSSR count). The van der Waals surface area contributed by atoms with Gasteiger partial charge >= 0.3 is 6.18 Å². The van der Waals surface area contributed by atoms with Crippen molar-refractivity contribution in [1.82, 2.24) is 19.9 Å². The van der Waals surface area contributed by atoms with Crippen molar-refractivity contribution < 1.29 is 27.2 Å². The average molecular weight is 550 g/mol. The first kappa shape index (κ1) is 26.3. The number of ketones is 1. The number of pyridine rings is 1. The van der Waals surface area contributed by atoms with E-state index in [4.69, 9.17) is 11.6 Å². The zero-order valence-electron chi connectivity index (χ0n) is 18.9. The lowest BCUT2D eigenvalue weighted by molar-refractivity contribution is -0.137. The average Bonchev–Trinajstić information content (AvgIpc) is 3.36. The molecule has 1 aromatic carbocycles. The van der Waals surface area contributed by atoms with E-state index in [1.165, 1.54) is 30.6 Å². The van der Waals surface area contributed by atoms with Crippen molar-refractivity contribution in [2.24, 2.45) is 0 Å². The molecule has 37 heavy (non-hydrogen) atoms. The summed E-state index contributed by atoms with van der Waals surface area (Å²) in [6, 6.07) is 7.45. The minimum Gasteiger partial charge on any atom is -0.321 e. The molecular formula is C24H16ClF4N5O2S. The van der Waals surface area contributed by atoms with Crippen LogP contribution >= 0.6 is 22.9 Å². The van der Waals surface area contributed by atoms with Gasteiger partial charge in [0.2, 0.25) is 5.95 Å². The third kappa shape index (κ3) is 6.15. The maximum atomic E-state index is 14.0. The number of hydrogen-bond donors (Lipinski definition) is 1. The number of anilines is 1. The SMILES string of the molecule is C[C@H](CC(=O)c1cc(-c2cccnc2F)ncn1)c1ncc(C(=O)Nc2ccc(Cl)c(C(F)(F)F)c2)s1. The number of halogens is 5. The molecule has 0 spiro atoms. The molecule has 0 fully saturated rings. The van der Waals surface area contributed by atoms with E-state index in [9.17, 15) is 27.2 Å². The van der Waals surface area contributed by atoms with Crippen LogP contribution in [0.2, 0.25) is 5.02 Å². The molecule has 13 heteroatoms. The number of hydrogen-bond acceptors (Lipinski definition) is 7. The van der Waals surface area contributed by atoms with Gasteiger partial charge in [-0.25, -0.2) is 19.9 Å². The summed E-state index contributed by atoms with van der Waals surface area (Å²) < 4.78 is 53.2. The summed E-state index contributed by atoms with van der Waals surface area (Å²) in [4.78, 5) is 41.3. The molecule has 0 saturated carbocycles. The fourth-order valence-corrected chi connectivity index (χ4v) is 4.43. The maximum absolute atomic E-state index is 14.0. The molecule has 4 aromatic rings. The second-order valence-electron chi connectivity index (χ2n) is 7.87. The number of Topliss-reactive ketones (excluding diaryl/α,β-unsaturated/α-hetero) is 1. The summed E-state index contributed by atoms with van der Waals surface area (Å²) in [5.41, 5.74) is -0.725. The van der Waals surface area contributed by atoms with Crippen molar-refractivity contribution in [1.29, 1.82) is 0 Å². The summed E-state index contributed by atoms with van der Waals surface area (Å²) >= 11 is 6.62. The molecule has 190 valence electrons. The van der Waals surface area contributed by atoms with E-state index >= 15 is 0 Å². The Hall–Kier alpha value is -3.77. The van der Waals surface area contributed by atoms with E-state index in [0.717, 1.165) is 29.8 Å². The number of thiazole rings is 1. The minimum atomic E-state index is -4.67. The number of nitrogens with zero attached hydrogens (tertiary/aromatic N) is 4. The fourth-order valence-electron chi connectivity index (χ4n) is 3.34. The number of carbonyl (C=O) groups is 2. The van der Waals surface area contributed by atoms with Crippen molar-refractivity contribution in [2.75, 3.05) is 5.32 Å². The lowest BCUT2D eigenvalue weighted by Crippen LogP contribution is -2.12. The fraction of sp³-hybridized carbons (Fsp3) is 0.167. The van der Waals surface area contributed by atoms with Gasteiger partial charge in [-0.1, -0.05) is 18.5 Å². The number of rotatable bonds is 7. The number of carbonyl (C=O) groups excluding carboxylic acids is 2. The van der Waals surface area contributed by atoms with E-state index in [1.54, 1.807) is 13.0 Å². The Balaban J connectivity index is 1.44. The lowest BCUT2D eigenvalue weighted by atomic mass is 10.0. The summed E-state index contributed by atoms with van der Waals surface area (Å²) in [6.07, 6.45) is -0.941. The molecule has 7 nitrogen and oxygen atoms in total. The smallest absolute Gasteiger partial charge is 0.321 e. The zero-order valence-corrected chi connectivity index (χ0v) is 20.5. The summed E-state index contributed by atoms with van der Waals surface area (Å²) in [6.45, 7) is 1.73. The van der Waals surface area contributed by atoms with Crippen LogP contribution in [-0.4, -0.2) is 31.6 Å². The number of aromatic nitrogens is 4. The largest absolute Gasteiger partial charge is 0.417 e. The van der Waals surface area contributed by atoms with Gasteiger partial charge in [0.05, 0.1) is 33.0 Å². The normalized spacial score (nSPS) is 12.3. The van der Waals surface area contributed by atoms with Gasteiger partial charge < -0.3 is 5.32 Å². The van der Waals surface area contributed by atoms with Crippen LogP contribution in [0.15, 0.2) is 55.1 Å². The number of benzene rings is 1. The van der Waals surface area contributed by atoms with Crippen molar-refractivity contribution >= 4 is 40.3 Å². The van der Waals surface area contributed by atoms with Crippen LogP contribution in [0.25, 0.3) is 11.3 Å². The third-order valence-electron chi connectivity index (χ3n) is 5.18. The van der Waals surface area contributed by atoms with E-state index < -0.39 is 34.5 Å². The van der Waals surface area contributed by atoms with Gasteiger partial charge in [0.1, 0.15) is 16.9 Å². The van der Waals surface area contributed by atoms with Crippen LogP contribution in [-0.2, 0) is 6.18 Å². The second kappa shape index (κ2) is 10.7. The Morgan fingerprint density at radius 3 is 2.62 bits per heavy atom. The van der Waals surface area contributed by atoms with Crippen LogP contribution in [0.4, 0.5) is 23.2 Å². The Bertz CT molecular complexity index is 1480. The molecular weight excluding hydrogens is 534 g/mol. The van der Waals surface area contributed by atoms with E-state index in [1.807, 2.05) is 0 Å². The van der Waals surface area contributed by atoms with Gasteiger partial charge in [0.15, 0.2) is 5.78 Å². The van der Waals surface area contributed by atoms with Crippen LogP contribution in [0, 0.1) is 5.95 Å². The van der Waals surface area contributed by atoms with Gasteiger partial charge in [-0.3, -0.25) is 9.59 Å². The molecule has 0 bridgehead atoms. The van der Waals surface area contributed by atoms with Gasteiger partial charge in [-0.15, -0.1) is 11.3 Å². The first-order chi connectivity index (χ1) is 17.5. The zero-order chi connectivity index (χ0) is 26.7. The lowest BCUT2D eigenvalue weighted by Gasteiger charge is -2.11. The molecule has 0 aliphatic heterocycles. The molecule has 1 atom stereocenters. The quantitative estimate of drug-likeness (QED) is 0.162. The van der Waals surface area contributed by atoms with E-state index in [2.05, 4.69) is 25.3 Å². The molecule has 1 amide bonds. The molecule has 0 aliphatic carbocycles. The second-order valence-corrected chi connectivity index (χ2v) is 9.34. The Labute approximate surface area is 216 Å². The monoisotopic (exact) mass is 549 g/mol. The van der Waals surface area contributed by atoms with Crippen LogP contribution in [0.5, 0.6) is 0 Å². The minimum absolute atomic E-state index is 0.00727. The van der Waals surface area contributed by atoms with Crippen molar-refractivity contribution in [2.45, 2.75) is 25.4 Å². The van der Waals surface area contributed by atoms with Crippen molar-refractivity contribution in [3.8, 4) is 11.3 Å². The van der Waals surface area contributed by atoms with Crippen LogP contribution in [0.3, 0.4) is 0 Å².